The monoisotopic (exact) mass is 411 g/mol. The Morgan fingerprint density at radius 2 is 1.93 bits per heavy atom. The summed E-state index contributed by atoms with van der Waals surface area (Å²) in [5, 5.41) is 6.37. The summed E-state index contributed by atoms with van der Waals surface area (Å²) >= 11 is 1.89. The molecule has 0 radical (unpaired) electrons. The first-order chi connectivity index (χ1) is 12.6. The summed E-state index contributed by atoms with van der Waals surface area (Å²) < 4.78 is 0. The summed E-state index contributed by atoms with van der Waals surface area (Å²) in [5.74, 6) is 2.75. The Labute approximate surface area is 172 Å². The predicted molar refractivity (Wildman–Crippen MR) is 115 cm³/mol. The fourth-order valence-corrected chi connectivity index (χ4v) is 4.46. The highest BCUT2D eigenvalue weighted by molar-refractivity contribution is 7.99. The number of rotatable bonds is 5. The maximum atomic E-state index is 12.7. The van der Waals surface area contributed by atoms with Crippen LogP contribution in [0, 0.1) is 12.8 Å². The van der Waals surface area contributed by atoms with Gasteiger partial charge in [-0.2, -0.15) is 11.8 Å². The predicted octanol–water partition coefficient (Wildman–Crippen LogP) is 3.32. The van der Waals surface area contributed by atoms with Crippen molar-refractivity contribution in [1.29, 1.82) is 0 Å². The van der Waals surface area contributed by atoms with E-state index in [0.29, 0.717) is 17.9 Å². The molecule has 2 fully saturated rings. The number of aryl methyl sites for hydroxylation is 1. The summed E-state index contributed by atoms with van der Waals surface area (Å²) in [6, 6.07) is 5.63. The van der Waals surface area contributed by atoms with Crippen molar-refractivity contribution in [1.82, 2.24) is 10.2 Å². The standard InChI is InChI=1S/C20H29N3O2S.ClH/c1-15-2-4-17(20(25)23-10-12-26-13-11-23)14-18(15)22-19(24)5-3-16-6-8-21-9-7-16;/h2,4,14,16,21H,3,5-13H2,1H3,(H,22,24);1H. The summed E-state index contributed by atoms with van der Waals surface area (Å²) in [7, 11) is 0. The van der Waals surface area contributed by atoms with E-state index >= 15 is 0 Å². The van der Waals surface area contributed by atoms with Gasteiger partial charge in [-0.15, -0.1) is 12.4 Å². The Morgan fingerprint density at radius 3 is 2.63 bits per heavy atom. The highest BCUT2D eigenvalue weighted by Gasteiger charge is 2.20. The van der Waals surface area contributed by atoms with Crippen molar-refractivity contribution in [2.45, 2.75) is 32.6 Å². The molecule has 2 N–H and O–H groups in total. The zero-order valence-electron chi connectivity index (χ0n) is 16.0. The normalized spacial score (nSPS) is 17.9. The van der Waals surface area contributed by atoms with E-state index < -0.39 is 0 Å². The highest BCUT2D eigenvalue weighted by atomic mass is 35.5. The first-order valence-electron chi connectivity index (χ1n) is 9.62. The van der Waals surface area contributed by atoms with Crippen LogP contribution < -0.4 is 10.6 Å². The van der Waals surface area contributed by atoms with E-state index in [-0.39, 0.29) is 24.2 Å². The number of carbonyl (C=O) groups excluding carboxylic acids is 2. The van der Waals surface area contributed by atoms with Gasteiger partial charge in [0.05, 0.1) is 0 Å². The third-order valence-electron chi connectivity index (χ3n) is 5.30. The van der Waals surface area contributed by atoms with Crippen LogP contribution in [0.15, 0.2) is 18.2 Å². The molecule has 0 bridgehead atoms. The zero-order valence-corrected chi connectivity index (χ0v) is 17.6. The van der Waals surface area contributed by atoms with Crippen molar-refractivity contribution >= 4 is 41.7 Å². The lowest BCUT2D eigenvalue weighted by Gasteiger charge is -2.26. The van der Waals surface area contributed by atoms with E-state index in [9.17, 15) is 9.59 Å². The van der Waals surface area contributed by atoms with Gasteiger partial charge in [0.2, 0.25) is 5.91 Å². The second kappa shape index (κ2) is 10.9. The van der Waals surface area contributed by atoms with E-state index in [1.807, 2.05) is 41.8 Å². The minimum Gasteiger partial charge on any atom is -0.337 e. The van der Waals surface area contributed by atoms with Crippen LogP contribution in [-0.2, 0) is 4.79 Å². The number of benzene rings is 1. The Balaban J connectivity index is 0.00000261. The van der Waals surface area contributed by atoms with Crippen LogP contribution in [0.2, 0.25) is 0 Å². The lowest BCUT2D eigenvalue weighted by molar-refractivity contribution is -0.116. The second-order valence-corrected chi connectivity index (χ2v) is 8.44. The van der Waals surface area contributed by atoms with Crippen molar-refractivity contribution in [3.05, 3.63) is 29.3 Å². The van der Waals surface area contributed by atoms with Crippen LogP contribution in [0.1, 0.15) is 41.6 Å². The summed E-state index contributed by atoms with van der Waals surface area (Å²) in [5.41, 5.74) is 2.42. The van der Waals surface area contributed by atoms with E-state index in [2.05, 4.69) is 10.6 Å². The smallest absolute Gasteiger partial charge is 0.253 e. The summed E-state index contributed by atoms with van der Waals surface area (Å²) in [6.07, 6.45) is 3.80. The third kappa shape index (κ3) is 6.40. The molecule has 3 rings (SSSR count). The number of nitrogens with one attached hydrogen (secondary N) is 2. The van der Waals surface area contributed by atoms with Crippen LogP contribution in [0.5, 0.6) is 0 Å². The number of piperidine rings is 1. The molecule has 2 saturated heterocycles. The van der Waals surface area contributed by atoms with Gasteiger partial charge < -0.3 is 15.5 Å². The molecule has 1 aromatic rings. The van der Waals surface area contributed by atoms with Gasteiger partial charge >= 0.3 is 0 Å². The molecular formula is C20H30ClN3O2S. The van der Waals surface area contributed by atoms with Gasteiger partial charge in [-0.05, 0) is 62.9 Å². The molecule has 150 valence electrons. The van der Waals surface area contributed by atoms with Crippen molar-refractivity contribution in [3.8, 4) is 0 Å². The van der Waals surface area contributed by atoms with E-state index in [0.717, 1.165) is 68.2 Å². The molecule has 0 atom stereocenters. The maximum absolute atomic E-state index is 12.7. The van der Waals surface area contributed by atoms with Gasteiger partial charge in [-0.3, -0.25) is 9.59 Å². The average molecular weight is 412 g/mol. The molecule has 2 aliphatic heterocycles. The SMILES string of the molecule is Cc1ccc(C(=O)N2CCSCC2)cc1NC(=O)CCC1CCNCC1.Cl. The molecule has 5 nitrogen and oxygen atoms in total. The molecule has 2 heterocycles. The lowest BCUT2D eigenvalue weighted by Crippen LogP contribution is -2.37. The number of halogens is 1. The van der Waals surface area contributed by atoms with Gasteiger partial charge in [0.25, 0.3) is 5.91 Å². The lowest BCUT2D eigenvalue weighted by atomic mass is 9.93. The molecule has 0 spiro atoms. The molecule has 0 aliphatic carbocycles. The summed E-state index contributed by atoms with van der Waals surface area (Å²) in [6.45, 7) is 5.69. The topological polar surface area (TPSA) is 61.4 Å². The molecule has 2 amide bonds. The minimum absolute atomic E-state index is 0. The van der Waals surface area contributed by atoms with Crippen molar-refractivity contribution < 1.29 is 9.59 Å². The second-order valence-electron chi connectivity index (χ2n) is 7.21. The Kier molecular flexibility index (Phi) is 8.93. The van der Waals surface area contributed by atoms with Gasteiger partial charge in [0, 0.05) is 42.3 Å². The van der Waals surface area contributed by atoms with Gasteiger partial charge in [-0.1, -0.05) is 6.07 Å². The van der Waals surface area contributed by atoms with Crippen molar-refractivity contribution in [2.24, 2.45) is 5.92 Å². The number of carbonyl (C=O) groups is 2. The van der Waals surface area contributed by atoms with Gasteiger partial charge in [0.15, 0.2) is 0 Å². The largest absolute Gasteiger partial charge is 0.337 e. The first-order valence-corrected chi connectivity index (χ1v) is 10.8. The molecule has 27 heavy (non-hydrogen) atoms. The number of amides is 2. The quantitative estimate of drug-likeness (QED) is 0.780. The molecule has 1 aromatic carbocycles. The number of thioether (sulfide) groups is 1. The molecule has 7 heteroatoms. The molecular weight excluding hydrogens is 382 g/mol. The number of nitrogens with zero attached hydrogens (tertiary/aromatic N) is 1. The van der Waals surface area contributed by atoms with Crippen LogP contribution in [0.3, 0.4) is 0 Å². The van der Waals surface area contributed by atoms with E-state index in [1.54, 1.807) is 0 Å². The zero-order chi connectivity index (χ0) is 18.4. The van der Waals surface area contributed by atoms with Crippen LogP contribution in [-0.4, -0.2) is 54.4 Å². The van der Waals surface area contributed by atoms with Crippen molar-refractivity contribution in [3.63, 3.8) is 0 Å². The average Bonchev–Trinajstić information content (AvgIpc) is 2.69. The van der Waals surface area contributed by atoms with Crippen LogP contribution >= 0.6 is 24.2 Å². The van der Waals surface area contributed by atoms with Gasteiger partial charge in [-0.25, -0.2) is 0 Å². The Bertz CT molecular complexity index is 644. The number of anilines is 1. The van der Waals surface area contributed by atoms with Crippen LogP contribution in [0.25, 0.3) is 0 Å². The van der Waals surface area contributed by atoms with Gasteiger partial charge in [0.1, 0.15) is 0 Å². The summed E-state index contributed by atoms with van der Waals surface area (Å²) in [4.78, 5) is 27.0. The molecule has 0 aromatic heterocycles. The maximum Gasteiger partial charge on any atom is 0.253 e. The van der Waals surface area contributed by atoms with E-state index in [1.165, 1.54) is 0 Å². The Morgan fingerprint density at radius 1 is 1.22 bits per heavy atom. The molecule has 0 unspecified atom stereocenters. The fraction of sp³-hybridized carbons (Fsp3) is 0.600. The fourth-order valence-electron chi connectivity index (χ4n) is 3.56. The number of hydrogen-bond acceptors (Lipinski definition) is 4. The van der Waals surface area contributed by atoms with Crippen LogP contribution in [0.4, 0.5) is 5.69 Å². The first kappa shape index (κ1) is 22.1. The highest BCUT2D eigenvalue weighted by Crippen LogP contribution is 2.22. The number of hydrogen-bond donors (Lipinski definition) is 2. The van der Waals surface area contributed by atoms with Crippen molar-refractivity contribution in [2.75, 3.05) is 43.0 Å². The van der Waals surface area contributed by atoms with E-state index in [4.69, 9.17) is 0 Å². The third-order valence-corrected chi connectivity index (χ3v) is 6.24. The molecule has 0 saturated carbocycles. The minimum atomic E-state index is 0. The molecule has 2 aliphatic rings. The Hall–Kier alpha value is -1.24.